The first kappa shape index (κ1) is 22.9. The monoisotopic (exact) mass is 535 g/mol. The van der Waals surface area contributed by atoms with Crippen LogP contribution >= 0.6 is 23.1 Å². The molecule has 2 fully saturated rings. The number of aromatic nitrogens is 1. The van der Waals surface area contributed by atoms with E-state index < -0.39 is 0 Å². The summed E-state index contributed by atoms with van der Waals surface area (Å²) in [6.45, 7) is 0. The maximum absolute atomic E-state index is 12.4. The molecule has 4 nitrogen and oxygen atoms in total. The molecule has 6 unspecified atom stereocenters. The van der Waals surface area contributed by atoms with Gasteiger partial charge in [0.05, 0.1) is 22.5 Å². The van der Waals surface area contributed by atoms with Crippen LogP contribution in [0.15, 0.2) is 99.9 Å². The van der Waals surface area contributed by atoms with Crippen molar-refractivity contribution < 1.29 is 0 Å². The van der Waals surface area contributed by atoms with E-state index in [1.807, 2.05) is 11.8 Å². The van der Waals surface area contributed by atoms with Gasteiger partial charge in [-0.15, -0.1) is 11.8 Å². The van der Waals surface area contributed by atoms with Gasteiger partial charge in [-0.25, -0.2) is 0 Å². The molecule has 0 spiro atoms. The molecule has 0 saturated heterocycles. The van der Waals surface area contributed by atoms with Crippen LogP contribution in [-0.2, 0) is 0 Å². The van der Waals surface area contributed by atoms with Crippen LogP contribution in [0.3, 0.4) is 0 Å². The standard InChI is InChI=1S/C32H29N3OS2/c36-32-33-31-30(38-32)27(28-22-11-12-23(17-22)29(28)37-31)21-13-15-24(16-14-21)35-26(20-9-5-2-6-10-20)18-25(34-35)19-7-3-1-4-8-19/h1-10,13-16,22-23,26-29H,11-12,17-18H2,(H,33,36). The molecule has 4 aromatic rings. The number of thiazole rings is 1. The lowest BCUT2D eigenvalue weighted by molar-refractivity contribution is 0.307. The number of H-pyrrole nitrogens is 1. The van der Waals surface area contributed by atoms with Crippen LogP contribution in [0.2, 0.25) is 0 Å². The van der Waals surface area contributed by atoms with E-state index in [1.54, 1.807) is 0 Å². The Morgan fingerprint density at radius 3 is 2.37 bits per heavy atom. The Bertz CT molecular complexity index is 1560. The summed E-state index contributed by atoms with van der Waals surface area (Å²) in [7, 11) is 0. The number of hydrogen-bond donors (Lipinski definition) is 1. The summed E-state index contributed by atoms with van der Waals surface area (Å²) in [4.78, 5) is 16.9. The molecule has 38 heavy (non-hydrogen) atoms. The number of anilines is 1. The van der Waals surface area contributed by atoms with Crippen LogP contribution in [0.5, 0.6) is 0 Å². The molecule has 6 atom stereocenters. The first-order valence-electron chi connectivity index (χ1n) is 13.7. The predicted octanol–water partition coefficient (Wildman–Crippen LogP) is 7.44. The first-order chi connectivity index (χ1) is 18.7. The van der Waals surface area contributed by atoms with Gasteiger partial charge in [0.25, 0.3) is 0 Å². The first-order valence-corrected chi connectivity index (χ1v) is 15.4. The number of fused-ring (bicyclic) bond motifs is 6. The highest BCUT2D eigenvalue weighted by molar-refractivity contribution is 8.00. The molecule has 3 aromatic carbocycles. The number of rotatable bonds is 4. The van der Waals surface area contributed by atoms with E-state index in [-0.39, 0.29) is 10.9 Å². The van der Waals surface area contributed by atoms with E-state index in [0.29, 0.717) is 17.1 Å². The van der Waals surface area contributed by atoms with E-state index in [4.69, 9.17) is 5.10 Å². The molecular formula is C32H29N3OS2. The maximum Gasteiger partial charge on any atom is 0.305 e. The van der Waals surface area contributed by atoms with Crippen molar-refractivity contribution >= 4 is 34.5 Å². The highest BCUT2D eigenvalue weighted by atomic mass is 32.2. The number of nitrogens with zero attached hydrogens (tertiary/aromatic N) is 2. The quantitative estimate of drug-likeness (QED) is 0.295. The fourth-order valence-electron chi connectivity index (χ4n) is 7.55. The molecule has 2 bridgehead atoms. The number of benzene rings is 3. The second kappa shape index (κ2) is 8.99. The summed E-state index contributed by atoms with van der Waals surface area (Å²) >= 11 is 3.39. The number of aromatic amines is 1. The van der Waals surface area contributed by atoms with Gasteiger partial charge in [-0.3, -0.25) is 9.80 Å². The summed E-state index contributed by atoms with van der Waals surface area (Å²) in [5.41, 5.74) is 6.05. The summed E-state index contributed by atoms with van der Waals surface area (Å²) < 4.78 is 0. The second-order valence-electron chi connectivity index (χ2n) is 11.2. The van der Waals surface area contributed by atoms with Crippen LogP contribution in [-0.4, -0.2) is 15.9 Å². The third-order valence-corrected chi connectivity index (χ3v) is 11.8. The van der Waals surface area contributed by atoms with Crippen LogP contribution in [0.25, 0.3) is 0 Å². The zero-order valence-electron chi connectivity index (χ0n) is 21.0. The number of thioether (sulfide) groups is 1. The second-order valence-corrected chi connectivity index (χ2v) is 13.4. The topological polar surface area (TPSA) is 48.5 Å². The number of hydrazone groups is 1. The van der Waals surface area contributed by atoms with Crippen LogP contribution in [0.1, 0.15) is 59.2 Å². The SMILES string of the molecule is O=c1[nH]c2c(s1)C(c1ccc(N3N=C(c4ccccc4)CC3c3ccccc3)cc1)C1C3CCC(C3)C1S2. The molecule has 2 saturated carbocycles. The van der Waals surface area contributed by atoms with E-state index in [9.17, 15) is 4.79 Å². The molecule has 3 heterocycles. The van der Waals surface area contributed by atoms with E-state index in [1.165, 1.54) is 52.2 Å². The average molecular weight is 536 g/mol. The zero-order valence-corrected chi connectivity index (χ0v) is 22.6. The predicted molar refractivity (Wildman–Crippen MR) is 156 cm³/mol. The molecular weight excluding hydrogens is 507 g/mol. The van der Waals surface area contributed by atoms with Crippen molar-refractivity contribution in [2.75, 3.05) is 5.01 Å². The van der Waals surface area contributed by atoms with E-state index in [0.717, 1.165) is 34.7 Å². The largest absolute Gasteiger partial charge is 0.307 e. The Balaban J connectivity index is 1.17. The van der Waals surface area contributed by atoms with Gasteiger partial charge in [-0.1, -0.05) is 84.1 Å². The van der Waals surface area contributed by atoms with Crippen LogP contribution in [0, 0.1) is 17.8 Å². The van der Waals surface area contributed by atoms with Gasteiger partial charge in [0, 0.05) is 22.5 Å². The Morgan fingerprint density at radius 2 is 1.58 bits per heavy atom. The smallest absolute Gasteiger partial charge is 0.305 e. The lowest BCUT2D eigenvalue weighted by Gasteiger charge is -2.40. The lowest BCUT2D eigenvalue weighted by atomic mass is 9.75. The third-order valence-electron chi connectivity index (χ3n) is 9.18. The molecule has 2 aliphatic carbocycles. The molecule has 0 radical (unpaired) electrons. The van der Waals surface area contributed by atoms with Crippen molar-refractivity contribution in [3.8, 4) is 0 Å². The summed E-state index contributed by atoms with van der Waals surface area (Å²) in [6, 6.07) is 30.5. The van der Waals surface area contributed by atoms with Gasteiger partial charge in [-0.2, -0.15) is 5.10 Å². The lowest BCUT2D eigenvalue weighted by Crippen LogP contribution is -2.33. The van der Waals surface area contributed by atoms with E-state index in [2.05, 4.69) is 94.9 Å². The van der Waals surface area contributed by atoms with Crippen molar-refractivity contribution in [2.45, 2.75) is 47.9 Å². The van der Waals surface area contributed by atoms with Crippen molar-refractivity contribution in [2.24, 2.45) is 22.9 Å². The van der Waals surface area contributed by atoms with Gasteiger partial charge >= 0.3 is 4.87 Å². The molecule has 0 amide bonds. The average Bonchev–Trinajstić information content (AvgIpc) is 3.76. The van der Waals surface area contributed by atoms with Crippen molar-refractivity contribution in [1.29, 1.82) is 0 Å². The molecule has 6 heteroatoms. The summed E-state index contributed by atoms with van der Waals surface area (Å²) in [5, 5.41) is 9.12. The minimum Gasteiger partial charge on any atom is -0.307 e. The zero-order chi connectivity index (χ0) is 25.2. The minimum atomic E-state index is 0.0852. The Kier molecular flexibility index (Phi) is 5.41. The minimum absolute atomic E-state index is 0.0852. The number of hydrogen-bond acceptors (Lipinski definition) is 5. The van der Waals surface area contributed by atoms with Gasteiger partial charge in [0.15, 0.2) is 0 Å². The van der Waals surface area contributed by atoms with Crippen molar-refractivity contribution in [1.82, 2.24) is 4.98 Å². The third kappa shape index (κ3) is 3.64. The van der Waals surface area contributed by atoms with Crippen molar-refractivity contribution in [3.05, 3.63) is 116 Å². The Hall–Kier alpha value is -3.09. The molecule has 4 aliphatic rings. The van der Waals surface area contributed by atoms with Crippen molar-refractivity contribution in [3.63, 3.8) is 0 Å². The fraction of sp³-hybridized carbons (Fsp3) is 0.312. The number of nitrogens with one attached hydrogen (secondary N) is 1. The van der Waals surface area contributed by atoms with E-state index >= 15 is 0 Å². The highest BCUT2D eigenvalue weighted by Gasteiger charge is 2.54. The fourth-order valence-corrected chi connectivity index (χ4v) is 10.4. The Labute approximate surface area is 230 Å². The summed E-state index contributed by atoms with van der Waals surface area (Å²) in [6.07, 6.45) is 4.94. The van der Waals surface area contributed by atoms with Crippen LogP contribution < -0.4 is 9.88 Å². The van der Waals surface area contributed by atoms with Gasteiger partial charge in [0.2, 0.25) is 0 Å². The molecule has 2 aliphatic heterocycles. The highest BCUT2D eigenvalue weighted by Crippen LogP contribution is 2.63. The van der Waals surface area contributed by atoms with Gasteiger partial charge < -0.3 is 4.98 Å². The van der Waals surface area contributed by atoms with Gasteiger partial charge in [0.1, 0.15) is 0 Å². The van der Waals surface area contributed by atoms with Crippen LogP contribution in [0.4, 0.5) is 5.69 Å². The normalized spacial score (nSPS) is 29.3. The van der Waals surface area contributed by atoms with Gasteiger partial charge in [-0.05, 0) is 65.8 Å². The summed E-state index contributed by atoms with van der Waals surface area (Å²) in [5.74, 6) is 2.54. The molecule has 1 aromatic heterocycles. The molecule has 1 N–H and O–H groups in total. The molecule has 190 valence electrons. The maximum atomic E-state index is 12.4. The molecule has 8 rings (SSSR count). The Morgan fingerprint density at radius 1 is 0.842 bits per heavy atom.